The number of ether oxygens (including phenoxy) is 1. The van der Waals surface area contributed by atoms with Crippen molar-refractivity contribution in [1.82, 2.24) is 0 Å². The third-order valence-corrected chi connectivity index (χ3v) is 3.58. The van der Waals surface area contributed by atoms with E-state index >= 15 is 0 Å². The molecule has 0 bridgehead atoms. The quantitative estimate of drug-likeness (QED) is 0.544. The summed E-state index contributed by atoms with van der Waals surface area (Å²) in [5.41, 5.74) is -0.0617. The van der Waals surface area contributed by atoms with Crippen LogP contribution in [0.3, 0.4) is 0 Å². The molecule has 0 fully saturated rings. The molecule has 1 heterocycles. The SMILES string of the molecule is COCc1c(-c2ccc(O)c(O)c2)oc2cc(O)cc(O)c2c1=O. The zero-order valence-electron chi connectivity index (χ0n) is 12.6. The van der Waals surface area contributed by atoms with Gasteiger partial charge in [0.2, 0.25) is 5.43 Å². The topological polar surface area (TPSA) is 120 Å². The highest BCUT2D eigenvalue weighted by Gasteiger charge is 2.19. The van der Waals surface area contributed by atoms with Gasteiger partial charge in [-0.05, 0) is 18.2 Å². The van der Waals surface area contributed by atoms with Crippen molar-refractivity contribution < 1.29 is 29.6 Å². The number of phenols is 4. The molecule has 3 aromatic rings. The summed E-state index contributed by atoms with van der Waals surface area (Å²) in [6, 6.07) is 6.20. The minimum atomic E-state index is -0.516. The Hall–Kier alpha value is -3.19. The smallest absolute Gasteiger partial charge is 0.202 e. The predicted octanol–water partition coefficient (Wildman–Crippen LogP) is 2.43. The molecular weight excluding hydrogens is 316 g/mol. The van der Waals surface area contributed by atoms with E-state index in [4.69, 9.17) is 9.15 Å². The fourth-order valence-corrected chi connectivity index (χ4v) is 2.49. The molecule has 0 aliphatic heterocycles. The lowest BCUT2D eigenvalue weighted by Crippen LogP contribution is -2.12. The average molecular weight is 330 g/mol. The van der Waals surface area contributed by atoms with Gasteiger partial charge in [-0.1, -0.05) is 0 Å². The van der Waals surface area contributed by atoms with Gasteiger partial charge in [-0.2, -0.15) is 0 Å². The molecule has 7 heteroatoms. The van der Waals surface area contributed by atoms with Crippen LogP contribution >= 0.6 is 0 Å². The monoisotopic (exact) mass is 330 g/mol. The third kappa shape index (κ3) is 2.50. The number of aromatic hydroxyl groups is 4. The van der Waals surface area contributed by atoms with Crippen LogP contribution in [0.1, 0.15) is 5.56 Å². The molecule has 4 N–H and O–H groups in total. The minimum absolute atomic E-state index is 0.0140. The summed E-state index contributed by atoms with van der Waals surface area (Å²) < 4.78 is 10.7. The molecule has 3 rings (SSSR count). The first kappa shape index (κ1) is 15.7. The number of rotatable bonds is 3. The highest BCUT2D eigenvalue weighted by Crippen LogP contribution is 2.35. The van der Waals surface area contributed by atoms with Gasteiger partial charge in [0.05, 0.1) is 12.2 Å². The largest absolute Gasteiger partial charge is 0.508 e. The molecule has 0 amide bonds. The Kier molecular flexibility index (Phi) is 3.78. The first-order valence-electron chi connectivity index (χ1n) is 6.95. The normalized spacial score (nSPS) is 11.0. The maximum Gasteiger partial charge on any atom is 0.202 e. The summed E-state index contributed by atoms with van der Waals surface area (Å²) in [7, 11) is 1.40. The van der Waals surface area contributed by atoms with E-state index in [-0.39, 0.29) is 46.1 Å². The van der Waals surface area contributed by atoms with E-state index in [1.807, 2.05) is 0 Å². The molecule has 7 nitrogen and oxygen atoms in total. The number of hydrogen-bond donors (Lipinski definition) is 4. The highest BCUT2D eigenvalue weighted by molar-refractivity contribution is 5.87. The van der Waals surface area contributed by atoms with Crippen LogP contribution in [-0.2, 0) is 11.3 Å². The lowest BCUT2D eigenvalue weighted by Gasteiger charge is -2.11. The van der Waals surface area contributed by atoms with Crippen molar-refractivity contribution in [3.05, 3.63) is 46.1 Å². The fourth-order valence-electron chi connectivity index (χ4n) is 2.49. The van der Waals surface area contributed by atoms with E-state index in [9.17, 15) is 25.2 Å². The van der Waals surface area contributed by atoms with Crippen LogP contribution in [0.4, 0.5) is 0 Å². The minimum Gasteiger partial charge on any atom is -0.508 e. The maximum atomic E-state index is 12.7. The van der Waals surface area contributed by atoms with Crippen LogP contribution in [0.15, 0.2) is 39.5 Å². The predicted molar refractivity (Wildman–Crippen MR) is 85.3 cm³/mol. The van der Waals surface area contributed by atoms with Gasteiger partial charge in [-0.15, -0.1) is 0 Å². The lowest BCUT2D eigenvalue weighted by atomic mass is 10.0. The van der Waals surface area contributed by atoms with Crippen LogP contribution in [0, 0.1) is 0 Å². The van der Waals surface area contributed by atoms with E-state index in [0.29, 0.717) is 5.56 Å². The Morgan fingerprint density at radius 2 is 1.75 bits per heavy atom. The summed E-state index contributed by atoms with van der Waals surface area (Å²) >= 11 is 0. The van der Waals surface area contributed by atoms with Crippen molar-refractivity contribution in [1.29, 1.82) is 0 Å². The lowest BCUT2D eigenvalue weighted by molar-refractivity contribution is 0.183. The molecule has 0 spiro atoms. The first-order valence-corrected chi connectivity index (χ1v) is 6.95. The number of benzene rings is 2. The standard InChI is InChI=1S/C17H14O7/c1-23-7-10-16(22)15-13(21)5-9(18)6-14(15)24-17(10)8-2-3-11(19)12(20)4-8/h2-6,18-21H,7H2,1H3. The molecule has 0 aliphatic rings. The van der Waals surface area contributed by atoms with Gasteiger partial charge in [-0.25, -0.2) is 0 Å². The zero-order valence-corrected chi connectivity index (χ0v) is 12.6. The molecular formula is C17H14O7. The molecule has 1 aromatic heterocycles. The first-order chi connectivity index (χ1) is 11.4. The van der Waals surface area contributed by atoms with E-state index in [1.165, 1.54) is 31.4 Å². The maximum absolute atomic E-state index is 12.7. The molecule has 0 atom stereocenters. The second kappa shape index (κ2) is 5.78. The second-order valence-corrected chi connectivity index (χ2v) is 5.21. The zero-order chi connectivity index (χ0) is 17.4. The van der Waals surface area contributed by atoms with Gasteiger partial charge in [0.25, 0.3) is 0 Å². The second-order valence-electron chi connectivity index (χ2n) is 5.21. The molecule has 0 radical (unpaired) electrons. The van der Waals surface area contributed by atoms with Gasteiger partial charge in [0.15, 0.2) is 11.5 Å². The number of methoxy groups -OCH3 is 1. The van der Waals surface area contributed by atoms with Crippen molar-refractivity contribution in [3.63, 3.8) is 0 Å². The fraction of sp³-hybridized carbons (Fsp3) is 0.118. The molecule has 0 aliphatic carbocycles. The summed E-state index contributed by atoms with van der Waals surface area (Å²) in [5, 5.41) is 38.6. The van der Waals surface area contributed by atoms with Gasteiger partial charge in [0, 0.05) is 24.8 Å². The molecule has 0 saturated carbocycles. The Labute approximate surface area is 135 Å². The Balaban J connectivity index is 2.39. The number of fused-ring (bicyclic) bond motifs is 1. The molecule has 0 unspecified atom stereocenters. The van der Waals surface area contributed by atoms with E-state index in [1.54, 1.807) is 0 Å². The molecule has 0 saturated heterocycles. The van der Waals surface area contributed by atoms with Crippen molar-refractivity contribution in [3.8, 4) is 34.3 Å². The molecule has 124 valence electrons. The Morgan fingerprint density at radius 1 is 1.00 bits per heavy atom. The van der Waals surface area contributed by atoms with E-state index < -0.39 is 11.2 Å². The van der Waals surface area contributed by atoms with Crippen molar-refractivity contribution in [2.45, 2.75) is 6.61 Å². The number of phenolic OH excluding ortho intramolecular Hbond substituents is 4. The Bertz CT molecular complexity index is 988. The number of hydrogen-bond acceptors (Lipinski definition) is 7. The summed E-state index contributed by atoms with van der Waals surface area (Å²) in [5.74, 6) is -1.25. The van der Waals surface area contributed by atoms with Crippen molar-refractivity contribution >= 4 is 11.0 Å². The van der Waals surface area contributed by atoms with Crippen molar-refractivity contribution in [2.75, 3.05) is 7.11 Å². The summed E-state index contributed by atoms with van der Waals surface area (Å²) in [4.78, 5) is 12.7. The van der Waals surface area contributed by atoms with Crippen LogP contribution in [0.2, 0.25) is 0 Å². The Morgan fingerprint density at radius 3 is 2.42 bits per heavy atom. The van der Waals surface area contributed by atoms with Gasteiger partial charge in [0.1, 0.15) is 28.2 Å². The average Bonchev–Trinajstić information content (AvgIpc) is 2.52. The van der Waals surface area contributed by atoms with Gasteiger partial charge < -0.3 is 29.6 Å². The van der Waals surface area contributed by atoms with Crippen LogP contribution in [-0.4, -0.2) is 27.5 Å². The van der Waals surface area contributed by atoms with Crippen molar-refractivity contribution in [2.24, 2.45) is 0 Å². The van der Waals surface area contributed by atoms with E-state index in [0.717, 1.165) is 6.07 Å². The van der Waals surface area contributed by atoms with Gasteiger partial charge in [-0.3, -0.25) is 4.79 Å². The van der Waals surface area contributed by atoms with Gasteiger partial charge >= 0.3 is 0 Å². The molecule has 24 heavy (non-hydrogen) atoms. The highest BCUT2D eigenvalue weighted by atomic mass is 16.5. The van der Waals surface area contributed by atoms with E-state index in [2.05, 4.69) is 0 Å². The van der Waals surface area contributed by atoms with Crippen LogP contribution in [0.25, 0.3) is 22.3 Å². The summed E-state index contributed by atoms with van der Waals surface area (Å²) in [6.07, 6.45) is 0. The van der Waals surface area contributed by atoms with Crippen LogP contribution < -0.4 is 5.43 Å². The molecule has 2 aromatic carbocycles. The summed E-state index contributed by atoms with van der Waals surface area (Å²) in [6.45, 7) is -0.0877. The third-order valence-electron chi connectivity index (χ3n) is 3.58. The van der Waals surface area contributed by atoms with Crippen LogP contribution in [0.5, 0.6) is 23.0 Å².